The molecule has 1 amide bonds. The minimum Gasteiger partial charge on any atom is -0.454 e. The molecule has 90 valence electrons. The van der Waals surface area contributed by atoms with E-state index in [-0.39, 0.29) is 5.69 Å². The summed E-state index contributed by atoms with van der Waals surface area (Å²) in [6.07, 6.45) is 0. The Morgan fingerprint density at radius 1 is 1.33 bits per heavy atom. The molecule has 0 atom stereocenters. The number of furan rings is 1. The molecule has 0 aliphatic carbocycles. The molecule has 0 fully saturated rings. The fourth-order valence-electron chi connectivity index (χ4n) is 1.75. The average molecular weight is 242 g/mol. The summed E-state index contributed by atoms with van der Waals surface area (Å²) in [5.74, 6) is 5.21. The van der Waals surface area contributed by atoms with Crippen molar-refractivity contribution in [3.8, 4) is 11.5 Å². The Kier molecular flexibility index (Phi) is 2.35. The van der Waals surface area contributed by atoms with Gasteiger partial charge < -0.3 is 4.42 Å². The van der Waals surface area contributed by atoms with Gasteiger partial charge in [0.05, 0.1) is 0 Å². The number of hydrogen-bond donors (Lipinski definition) is 3. The summed E-state index contributed by atoms with van der Waals surface area (Å²) < 4.78 is 5.65. The van der Waals surface area contributed by atoms with Gasteiger partial charge in [-0.05, 0) is 12.1 Å². The molecule has 0 saturated heterocycles. The summed E-state index contributed by atoms with van der Waals surface area (Å²) in [4.78, 5) is 11.3. The highest BCUT2D eigenvalue weighted by Crippen LogP contribution is 2.26. The number of hydrogen-bond acceptors (Lipinski definition) is 4. The van der Waals surface area contributed by atoms with Gasteiger partial charge in [0.2, 0.25) is 0 Å². The van der Waals surface area contributed by atoms with E-state index in [4.69, 9.17) is 10.3 Å². The molecule has 4 N–H and O–H groups in total. The number of nitrogens with one attached hydrogen (secondary N) is 2. The molecular weight excluding hydrogens is 232 g/mol. The summed E-state index contributed by atoms with van der Waals surface area (Å²) in [6.45, 7) is 0. The average Bonchev–Trinajstić information content (AvgIpc) is 3.03. The first-order valence-electron chi connectivity index (χ1n) is 5.33. The summed E-state index contributed by atoms with van der Waals surface area (Å²) in [6, 6.07) is 11.1. The lowest BCUT2D eigenvalue weighted by atomic mass is 10.2. The Hall–Kier alpha value is -2.60. The number of nitrogen functional groups attached to an aromatic ring is 1. The first kappa shape index (κ1) is 10.5. The van der Waals surface area contributed by atoms with Gasteiger partial charge in [-0.15, -0.1) is 0 Å². The van der Waals surface area contributed by atoms with Crippen LogP contribution >= 0.6 is 0 Å². The van der Waals surface area contributed by atoms with Crippen LogP contribution in [-0.4, -0.2) is 16.1 Å². The third-order valence-corrected chi connectivity index (χ3v) is 2.63. The molecule has 1 aromatic carbocycles. The molecule has 18 heavy (non-hydrogen) atoms. The molecule has 0 bridgehead atoms. The summed E-state index contributed by atoms with van der Waals surface area (Å²) in [5.41, 5.74) is 3.65. The second-order valence-corrected chi connectivity index (χ2v) is 3.79. The number of para-hydroxylation sites is 1. The van der Waals surface area contributed by atoms with Gasteiger partial charge in [0.15, 0.2) is 11.5 Å². The van der Waals surface area contributed by atoms with Crippen LogP contribution in [0.2, 0.25) is 0 Å². The van der Waals surface area contributed by atoms with Crippen LogP contribution in [0, 0.1) is 0 Å². The van der Waals surface area contributed by atoms with Crippen molar-refractivity contribution >= 4 is 16.9 Å². The molecule has 2 aromatic heterocycles. The fourth-order valence-corrected chi connectivity index (χ4v) is 1.75. The van der Waals surface area contributed by atoms with Gasteiger partial charge in [0.25, 0.3) is 5.91 Å². The van der Waals surface area contributed by atoms with Crippen molar-refractivity contribution in [2.24, 2.45) is 5.84 Å². The zero-order chi connectivity index (χ0) is 12.5. The number of nitrogens with two attached hydrogens (primary N) is 1. The topological polar surface area (TPSA) is 96.9 Å². The van der Waals surface area contributed by atoms with E-state index in [2.05, 4.69) is 10.2 Å². The highest BCUT2D eigenvalue weighted by atomic mass is 16.3. The number of amides is 1. The number of aromatic amines is 1. The number of nitrogens with zero attached hydrogens (tertiary/aromatic N) is 1. The Bertz CT molecular complexity index is 681. The van der Waals surface area contributed by atoms with E-state index in [1.165, 1.54) is 0 Å². The standard InChI is InChI=1S/C12H10N4O2/c13-14-12(17)9-6-8(15-16-9)11-5-7-3-1-2-4-10(7)18-11/h1-6H,13H2,(H,14,17)(H,15,16). The van der Waals surface area contributed by atoms with Crippen molar-refractivity contribution in [1.82, 2.24) is 15.6 Å². The minimum absolute atomic E-state index is 0.216. The van der Waals surface area contributed by atoms with Gasteiger partial charge in [0.1, 0.15) is 11.3 Å². The highest BCUT2D eigenvalue weighted by molar-refractivity contribution is 5.93. The van der Waals surface area contributed by atoms with Crippen molar-refractivity contribution in [3.63, 3.8) is 0 Å². The molecule has 0 radical (unpaired) electrons. The summed E-state index contributed by atoms with van der Waals surface area (Å²) in [5, 5.41) is 7.59. The molecule has 0 saturated carbocycles. The van der Waals surface area contributed by atoms with Crippen LogP contribution in [-0.2, 0) is 0 Å². The first-order chi connectivity index (χ1) is 8.78. The lowest BCUT2D eigenvalue weighted by molar-refractivity contribution is 0.0948. The van der Waals surface area contributed by atoms with E-state index < -0.39 is 5.91 Å². The Labute approximate surface area is 102 Å². The number of benzene rings is 1. The molecule has 3 aromatic rings. The van der Waals surface area contributed by atoms with Crippen molar-refractivity contribution in [2.75, 3.05) is 0 Å². The molecule has 0 aliphatic heterocycles. The van der Waals surface area contributed by atoms with Crippen molar-refractivity contribution in [1.29, 1.82) is 0 Å². The smallest absolute Gasteiger partial charge is 0.285 e. The maximum absolute atomic E-state index is 11.3. The van der Waals surface area contributed by atoms with Crippen molar-refractivity contribution in [2.45, 2.75) is 0 Å². The van der Waals surface area contributed by atoms with Crippen LogP contribution in [0.1, 0.15) is 10.5 Å². The van der Waals surface area contributed by atoms with Gasteiger partial charge in [-0.1, -0.05) is 18.2 Å². The Morgan fingerprint density at radius 2 is 2.17 bits per heavy atom. The second-order valence-electron chi connectivity index (χ2n) is 3.79. The van der Waals surface area contributed by atoms with E-state index in [0.29, 0.717) is 11.5 Å². The third-order valence-electron chi connectivity index (χ3n) is 2.63. The van der Waals surface area contributed by atoms with Crippen LogP contribution in [0.3, 0.4) is 0 Å². The summed E-state index contributed by atoms with van der Waals surface area (Å²) in [7, 11) is 0. The normalized spacial score (nSPS) is 10.7. The third kappa shape index (κ3) is 1.64. The number of carbonyl (C=O) groups excluding carboxylic acids is 1. The molecule has 2 heterocycles. The van der Waals surface area contributed by atoms with Gasteiger partial charge in [0, 0.05) is 11.5 Å². The van der Waals surface area contributed by atoms with Crippen molar-refractivity contribution < 1.29 is 9.21 Å². The van der Waals surface area contributed by atoms with E-state index in [0.717, 1.165) is 11.0 Å². The minimum atomic E-state index is -0.450. The number of hydrazine groups is 1. The Morgan fingerprint density at radius 3 is 2.94 bits per heavy atom. The largest absolute Gasteiger partial charge is 0.454 e. The maximum atomic E-state index is 11.3. The predicted molar refractivity (Wildman–Crippen MR) is 65.4 cm³/mol. The first-order valence-corrected chi connectivity index (χ1v) is 5.33. The van der Waals surface area contributed by atoms with E-state index in [9.17, 15) is 4.79 Å². The quantitative estimate of drug-likeness (QED) is 0.359. The van der Waals surface area contributed by atoms with E-state index >= 15 is 0 Å². The van der Waals surface area contributed by atoms with Gasteiger partial charge in [-0.2, -0.15) is 5.10 Å². The van der Waals surface area contributed by atoms with Gasteiger partial charge in [-0.3, -0.25) is 15.3 Å². The Balaban J connectivity index is 2.03. The lowest BCUT2D eigenvalue weighted by Crippen LogP contribution is -2.30. The van der Waals surface area contributed by atoms with Crippen LogP contribution in [0.5, 0.6) is 0 Å². The predicted octanol–water partition coefficient (Wildman–Crippen LogP) is 1.43. The zero-order valence-electron chi connectivity index (χ0n) is 9.31. The summed E-state index contributed by atoms with van der Waals surface area (Å²) >= 11 is 0. The SMILES string of the molecule is NNC(=O)c1cc(-c2cc3ccccc3o2)[nH]n1. The number of aromatic nitrogens is 2. The zero-order valence-corrected chi connectivity index (χ0v) is 9.31. The lowest BCUT2D eigenvalue weighted by Gasteiger charge is -1.90. The van der Waals surface area contributed by atoms with Crippen LogP contribution < -0.4 is 11.3 Å². The monoisotopic (exact) mass is 242 g/mol. The number of H-pyrrole nitrogens is 1. The molecule has 6 nitrogen and oxygen atoms in total. The van der Waals surface area contributed by atoms with Gasteiger partial charge >= 0.3 is 0 Å². The molecule has 0 unspecified atom stereocenters. The van der Waals surface area contributed by atoms with Crippen molar-refractivity contribution in [3.05, 3.63) is 42.1 Å². The van der Waals surface area contributed by atoms with E-state index in [1.54, 1.807) is 6.07 Å². The number of carbonyl (C=O) groups is 1. The van der Waals surface area contributed by atoms with Crippen LogP contribution in [0.4, 0.5) is 0 Å². The van der Waals surface area contributed by atoms with Gasteiger partial charge in [-0.25, -0.2) is 5.84 Å². The fraction of sp³-hybridized carbons (Fsp3) is 0. The van der Waals surface area contributed by atoms with Crippen LogP contribution in [0.15, 0.2) is 40.8 Å². The van der Waals surface area contributed by atoms with Crippen LogP contribution in [0.25, 0.3) is 22.4 Å². The second kappa shape index (κ2) is 4.01. The molecule has 3 rings (SSSR count). The maximum Gasteiger partial charge on any atom is 0.285 e. The molecule has 0 aliphatic rings. The molecule has 6 heteroatoms. The number of rotatable bonds is 2. The highest BCUT2D eigenvalue weighted by Gasteiger charge is 2.12. The molecule has 0 spiro atoms. The van der Waals surface area contributed by atoms with E-state index in [1.807, 2.05) is 35.8 Å². The molecular formula is C12H10N4O2. The number of fused-ring (bicyclic) bond motifs is 1.